The molecule has 1 aromatic rings. The maximum atomic E-state index is 10.5. The summed E-state index contributed by atoms with van der Waals surface area (Å²) in [4.78, 5) is 0. The Hall–Kier alpha value is -0.610. The van der Waals surface area contributed by atoms with E-state index < -0.39 is 11.2 Å². The summed E-state index contributed by atoms with van der Waals surface area (Å²) >= 11 is 6.05. The third-order valence-corrected chi connectivity index (χ3v) is 3.82. The second kappa shape index (κ2) is 7.41. The first-order valence-electron chi connectivity index (χ1n) is 7.02. The Morgan fingerprint density at radius 2 is 1.80 bits per heavy atom. The van der Waals surface area contributed by atoms with Crippen LogP contribution in [0.5, 0.6) is 0 Å². The van der Waals surface area contributed by atoms with Gasteiger partial charge in [-0.3, -0.25) is 0 Å². The van der Waals surface area contributed by atoms with Gasteiger partial charge in [0.15, 0.2) is 0 Å². The molecule has 0 aromatic heterocycles. The number of rotatable bonds is 8. The highest BCUT2D eigenvalue weighted by atomic mass is 35.5. The van der Waals surface area contributed by atoms with E-state index >= 15 is 0 Å². The van der Waals surface area contributed by atoms with Gasteiger partial charge in [0.25, 0.3) is 0 Å². The first-order valence-corrected chi connectivity index (χ1v) is 7.39. The van der Waals surface area contributed by atoms with Gasteiger partial charge in [-0.05, 0) is 44.7 Å². The normalized spacial score (nSPS) is 15.1. The van der Waals surface area contributed by atoms with Crippen LogP contribution < -0.4 is 0 Å². The van der Waals surface area contributed by atoms with Gasteiger partial charge in [-0.2, -0.15) is 0 Å². The van der Waals surface area contributed by atoms with E-state index in [1.54, 1.807) is 13.8 Å². The molecule has 0 bridgehead atoms. The summed E-state index contributed by atoms with van der Waals surface area (Å²) < 4.78 is 5.61. The molecule has 0 saturated carbocycles. The fourth-order valence-corrected chi connectivity index (χ4v) is 2.05. The zero-order valence-electron chi connectivity index (χ0n) is 12.5. The molecule has 0 aliphatic heterocycles. The van der Waals surface area contributed by atoms with Gasteiger partial charge in [0.1, 0.15) is 0 Å². The summed E-state index contributed by atoms with van der Waals surface area (Å²) in [5.41, 5.74) is -0.761. The molecule has 0 spiro atoms. The molecule has 0 amide bonds. The molecule has 114 valence electrons. The number of halogens is 1. The van der Waals surface area contributed by atoms with Gasteiger partial charge in [-0.25, -0.2) is 0 Å². The summed E-state index contributed by atoms with van der Waals surface area (Å²) in [5, 5.41) is 20.9. The topological polar surface area (TPSA) is 49.7 Å². The van der Waals surface area contributed by atoms with Crippen molar-refractivity contribution in [2.45, 2.75) is 57.8 Å². The van der Waals surface area contributed by atoms with E-state index in [1.807, 2.05) is 31.2 Å². The molecule has 0 radical (unpaired) electrons. The Balaban J connectivity index is 2.46. The quantitative estimate of drug-likeness (QED) is 0.772. The minimum atomic E-state index is -0.902. The van der Waals surface area contributed by atoms with Gasteiger partial charge in [0.2, 0.25) is 0 Å². The minimum absolute atomic E-state index is 0.241. The van der Waals surface area contributed by atoms with Crippen LogP contribution in [0, 0.1) is 0 Å². The predicted octanol–water partition coefficient (Wildman–Crippen LogP) is 3.55. The maximum absolute atomic E-state index is 10.5. The molecule has 1 aromatic carbocycles. The lowest BCUT2D eigenvalue weighted by molar-refractivity contribution is -0.0715. The maximum Gasteiger partial charge on any atom is 0.0878 e. The first-order chi connectivity index (χ1) is 9.26. The second-order valence-electron chi connectivity index (χ2n) is 5.97. The van der Waals surface area contributed by atoms with Crippen LogP contribution in [-0.4, -0.2) is 28.0 Å². The number of aliphatic hydroxyl groups is 2. The Kier molecular flexibility index (Phi) is 6.46. The van der Waals surface area contributed by atoms with E-state index in [2.05, 4.69) is 0 Å². The van der Waals surface area contributed by atoms with Crippen LogP contribution in [0.1, 0.15) is 45.6 Å². The van der Waals surface area contributed by atoms with E-state index in [1.165, 1.54) is 0 Å². The lowest BCUT2D eigenvalue weighted by atomic mass is 9.90. The van der Waals surface area contributed by atoms with E-state index in [4.69, 9.17) is 16.3 Å². The third kappa shape index (κ3) is 6.23. The molecule has 0 heterocycles. The molecule has 20 heavy (non-hydrogen) atoms. The fraction of sp³-hybridized carbons (Fsp3) is 0.625. The standard InChI is InChI=1S/C16H25ClO3/c1-4-16(19,10-9-15(2,3)18)12-20-11-13-7-5-6-8-14(13)17/h5-8,18-19H,4,9-12H2,1-3H3. The summed E-state index contributed by atoms with van der Waals surface area (Å²) in [6.45, 7) is 6.03. The van der Waals surface area contributed by atoms with Gasteiger partial charge >= 0.3 is 0 Å². The van der Waals surface area contributed by atoms with Crippen LogP contribution in [-0.2, 0) is 11.3 Å². The highest BCUT2D eigenvalue weighted by molar-refractivity contribution is 6.31. The molecular formula is C16H25ClO3. The lowest BCUT2D eigenvalue weighted by Gasteiger charge is -2.29. The highest BCUT2D eigenvalue weighted by Crippen LogP contribution is 2.24. The molecule has 0 fully saturated rings. The van der Waals surface area contributed by atoms with Crippen LogP contribution >= 0.6 is 11.6 Å². The van der Waals surface area contributed by atoms with Crippen molar-refractivity contribution < 1.29 is 14.9 Å². The van der Waals surface area contributed by atoms with Crippen LogP contribution in [0.4, 0.5) is 0 Å². The van der Waals surface area contributed by atoms with E-state index in [0.29, 0.717) is 30.9 Å². The van der Waals surface area contributed by atoms with Crippen molar-refractivity contribution in [3.05, 3.63) is 34.9 Å². The van der Waals surface area contributed by atoms with Crippen molar-refractivity contribution in [1.82, 2.24) is 0 Å². The lowest BCUT2D eigenvalue weighted by Crippen LogP contribution is -2.36. The Morgan fingerprint density at radius 1 is 1.15 bits per heavy atom. The van der Waals surface area contributed by atoms with Crippen LogP contribution in [0.3, 0.4) is 0 Å². The van der Waals surface area contributed by atoms with Gasteiger partial charge in [-0.15, -0.1) is 0 Å². The fourth-order valence-electron chi connectivity index (χ4n) is 1.86. The molecule has 0 aliphatic rings. The van der Waals surface area contributed by atoms with Gasteiger partial charge < -0.3 is 14.9 Å². The number of ether oxygens (including phenoxy) is 1. The molecule has 0 saturated heterocycles. The molecule has 0 aliphatic carbocycles. The Morgan fingerprint density at radius 3 is 2.35 bits per heavy atom. The monoisotopic (exact) mass is 300 g/mol. The van der Waals surface area contributed by atoms with Crippen molar-refractivity contribution in [3.63, 3.8) is 0 Å². The number of hydrogen-bond acceptors (Lipinski definition) is 3. The van der Waals surface area contributed by atoms with Crippen LogP contribution in [0.2, 0.25) is 5.02 Å². The zero-order valence-corrected chi connectivity index (χ0v) is 13.3. The van der Waals surface area contributed by atoms with E-state index in [-0.39, 0.29) is 6.61 Å². The summed E-state index contributed by atoms with van der Waals surface area (Å²) in [6, 6.07) is 7.51. The Bertz CT molecular complexity index is 414. The second-order valence-corrected chi connectivity index (χ2v) is 6.38. The smallest absolute Gasteiger partial charge is 0.0878 e. The summed E-state index contributed by atoms with van der Waals surface area (Å²) in [6.07, 6.45) is 1.63. The van der Waals surface area contributed by atoms with Crippen molar-refractivity contribution in [1.29, 1.82) is 0 Å². The van der Waals surface area contributed by atoms with Gasteiger partial charge in [-0.1, -0.05) is 36.7 Å². The van der Waals surface area contributed by atoms with Crippen molar-refractivity contribution in [2.75, 3.05) is 6.61 Å². The van der Waals surface area contributed by atoms with Crippen LogP contribution in [0.15, 0.2) is 24.3 Å². The van der Waals surface area contributed by atoms with Gasteiger partial charge in [0, 0.05) is 5.02 Å². The molecule has 2 N–H and O–H groups in total. The average molecular weight is 301 g/mol. The first kappa shape index (κ1) is 17.4. The molecule has 1 atom stereocenters. The van der Waals surface area contributed by atoms with E-state index in [0.717, 1.165) is 5.56 Å². The third-order valence-electron chi connectivity index (χ3n) is 3.45. The van der Waals surface area contributed by atoms with Crippen molar-refractivity contribution in [3.8, 4) is 0 Å². The highest BCUT2D eigenvalue weighted by Gasteiger charge is 2.28. The summed E-state index contributed by atoms with van der Waals surface area (Å²) in [7, 11) is 0. The van der Waals surface area contributed by atoms with Crippen molar-refractivity contribution in [2.24, 2.45) is 0 Å². The number of benzene rings is 1. The zero-order chi connectivity index (χ0) is 15.2. The summed E-state index contributed by atoms with van der Waals surface area (Å²) in [5.74, 6) is 0. The molecule has 4 heteroatoms. The number of hydrogen-bond donors (Lipinski definition) is 2. The van der Waals surface area contributed by atoms with Crippen LogP contribution in [0.25, 0.3) is 0 Å². The Labute approximate surface area is 126 Å². The van der Waals surface area contributed by atoms with Gasteiger partial charge in [0.05, 0.1) is 24.4 Å². The minimum Gasteiger partial charge on any atom is -0.390 e. The predicted molar refractivity (Wildman–Crippen MR) is 81.9 cm³/mol. The molecular weight excluding hydrogens is 276 g/mol. The molecule has 1 rings (SSSR count). The SMILES string of the molecule is CCC(O)(CCC(C)(C)O)COCc1ccccc1Cl. The molecule has 3 nitrogen and oxygen atoms in total. The van der Waals surface area contributed by atoms with E-state index in [9.17, 15) is 10.2 Å². The molecule has 1 unspecified atom stereocenters. The average Bonchev–Trinajstić information content (AvgIpc) is 2.38. The van der Waals surface area contributed by atoms with Crippen molar-refractivity contribution >= 4 is 11.6 Å². The largest absolute Gasteiger partial charge is 0.390 e.